The number of hydrogen-bond acceptors (Lipinski definition) is 4. The van der Waals surface area contributed by atoms with Crippen LogP contribution in [0.3, 0.4) is 0 Å². The SMILES string of the molecule is CC(N)Cc1cnn(Cc2cccc([N+](=O)[O-])c2Br)c1. The number of rotatable bonds is 5. The van der Waals surface area contributed by atoms with Crippen molar-refractivity contribution in [3.63, 3.8) is 0 Å². The normalized spacial score (nSPS) is 12.3. The van der Waals surface area contributed by atoms with Crippen LogP contribution in [0.15, 0.2) is 35.1 Å². The number of nitro groups is 1. The van der Waals surface area contributed by atoms with Gasteiger partial charge in [-0.15, -0.1) is 0 Å². The monoisotopic (exact) mass is 338 g/mol. The van der Waals surface area contributed by atoms with Crippen molar-refractivity contribution in [3.05, 3.63) is 56.3 Å². The fraction of sp³-hybridized carbons (Fsp3) is 0.308. The van der Waals surface area contributed by atoms with Crippen molar-refractivity contribution >= 4 is 21.6 Å². The third kappa shape index (κ3) is 3.43. The van der Waals surface area contributed by atoms with Gasteiger partial charge in [-0.3, -0.25) is 14.8 Å². The smallest absolute Gasteiger partial charge is 0.283 e. The van der Waals surface area contributed by atoms with Crippen LogP contribution in [-0.4, -0.2) is 20.7 Å². The molecule has 2 N–H and O–H groups in total. The number of benzene rings is 1. The van der Waals surface area contributed by atoms with Crippen LogP contribution >= 0.6 is 15.9 Å². The minimum Gasteiger partial charge on any atom is -0.328 e. The van der Waals surface area contributed by atoms with E-state index in [4.69, 9.17) is 5.73 Å². The summed E-state index contributed by atoms with van der Waals surface area (Å²) >= 11 is 3.28. The first-order chi connectivity index (χ1) is 9.47. The van der Waals surface area contributed by atoms with Gasteiger partial charge in [0.25, 0.3) is 5.69 Å². The molecule has 1 aromatic heterocycles. The summed E-state index contributed by atoms with van der Waals surface area (Å²) in [4.78, 5) is 10.5. The minimum atomic E-state index is -0.405. The van der Waals surface area contributed by atoms with Crippen LogP contribution < -0.4 is 5.73 Å². The first-order valence-electron chi connectivity index (χ1n) is 6.16. The number of nitrogens with zero attached hydrogens (tertiary/aromatic N) is 3. The molecule has 0 fully saturated rings. The summed E-state index contributed by atoms with van der Waals surface area (Å²) in [5.41, 5.74) is 7.68. The summed E-state index contributed by atoms with van der Waals surface area (Å²) in [5.74, 6) is 0. The van der Waals surface area contributed by atoms with Gasteiger partial charge in [-0.25, -0.2) is 0 Å². The predicted octanol–water partition coefficient (Wildman–Crippen LogP) is 2.49. The van der Waals surface area contributed by atoms with E-state index in [1.165, 1.54) is 6.07 Å². The summed E-state index contributed by atoms with van der Waals surface area (Å²) in [5, 5.41) is 15.1. The highest BCUT2D eigenvalue weighted by Gasteiger charge is 2.15. The van der Waals surface area contributed by atoms with Gasteiger partial charge in [-0.2, -0.15) is 5.10 Å². The summed E-state index contributed by atoms with van der Waals surface area (Å²) in [6, 6.07) is 5.06. The van der Waals surface area contributed by atoms with Crippen LogP contribution in [0, 0.1) is 10.1 Å². The highest BCUT2D eigenvalue weighted by molar-refractivity contribution is 9.10. The maximum absolute atomic E-state index is 10.9. The Balaban J connectivity index is 2.20. The number of halogens is 1. The van der Waals surface area contributed by atoms with Gasteiger partial charge in [0.1, 0.15) is 4.47 Å². The van der Waals surface area contributed by atoms with Crippen molar-refractivity contribution in [2.24, 2.45) is 5.73 Å². The zero-order chi connectivity index (χ0) is 14.7. The van der Waals surface area contributed by atoms with Crippen molar-refractivity contribution in [2.75, 3.05) is 0 Å². The molecule has 0 aliphatic heterocycles. The van der Waals surface area contributed by atoms with Gasteiger partial charge in [-0.1, -0.05) is 12.1 Å². The van der Waals surface area contributed by atoms with E-state index in [1.54, 1.807) is 16.9 Å². The Morgan fingerprint density at radius 3 is 2.95 bits per heavy atom. The van der Waals surface area contributed by atoms with Gasteiger partial charge in [0, 0.05) is 18.3 Å². The molecular formula is C13H15BrN4O2. The molecule has 0 bridgehead atoms. The Hall–Kier alpha value is -1.73. The molecule has 1 aromatic carbocycles. The van der Waals surface area contributed by atoms with Gasteiger partial charge in [0.15, 0.2) is 0 Å². The Bertz CT molecular complexity index is 625. The second-order valence-electron chi connectivity index (χ2n) is 4.73. The van der Waals surface area contributed by atoms with E-state index in [-0.39, 0.29) is 11.7 Å². The molecule has 106 valence electrons. The van der Waals surface area contributed by atoms with Crippen LogP contribution in [0.4, 0.5) is 5.69 Å². The molecule has 0 radical (unpaired) electrons. The van der Waals surface area contributed by atoms with Crippen LogP contribution in [0.5, 0.6) is 0 Å². The molecule has 1 unspecified atom stereocenters. The van der Waals surface area contributed by atoms with Crippen molar-refractivity contribution in [3.8, 4) is 0 Å². The Morgan fingerprint density at radius 1 is 1.55 bits per heavy atom. The van der Waals surface area contributed by atoms with Crippen molar-refractivity contribution in [2.45, 2.75) is 25.9 Å². The fourth-order valence-electron chi connectivity index (χ4n) is 1.97. The highest BCUT2D eigenvalue weighted by atomic mass is 79.9. The maximum atomic E-state index is 10.9. The number of nitrogens with two attached hydrogens (primary N) is 1. The van der Waals surface area contributed by atoms with Crippen molar-refractivity contribution < 1.29 is 4.92 Å². The molecule has 20 heavy (non-hydrogen) atoms. The second kappa shape index (κ2) is 6.15. The third-order valence-electron chi connectivity index (χ3n) is 2.83. The molecular weight excluding hydrogens is 324 g/mol. The molecule has 0 saturated carbocycles. The predicted molar refractivity (Wildman–Crippen MR) is 79.5 cm³/mol. The quantitative estimate of drug-likeness (QED) is 0.670. The third-order valence-corrected chi connectivity index (χ3v) is 3.75. The first-order valence-corrected chi connectivity index (χ1v) is 6.95. The Labute approximate surface area is 124 Å². The average Bonchev–Trinajstić information content (AvgIpc) is 2.78. The number of nitro benzene ring substituents is 1. The van der Waals surface area contributed by atoms with Crippen LogP contribution in [0.1, 0.15) is 18.1 Å². The molecule has 7 heteroatoms. The molecule has 0 aliphatic carbocycles. The summed E-state index contributed by atoms with van der Waals surface area (Å²) in [6.45, 7) is 2.41. The molecule has 6 nitrogen and oxygen atoms in total. The Kier molecular flexibility index (Phi) is 4.51. The van der Waals surface area contributed by atoms with E-state index in [9.17, 15) is 10.1 Å². The lowest BCUT2D eigenvalue weighted by atomic mass is 10.1. The van der Waals surface area contributed by atoms with Crippen molar-refractivity contribution in [1.29, 1.82) is 0 Å². The molecule has 2 aromatic rings. The number of aromatic nitrogens is 2. The van der Waals surface area contributed by atoms with Crippen LogP contribution in [-0.2, 0) is 13.0 Å². The molecule has 1 heterocycles. The highest BCUT2D eigenvalue weighted by Crippen LogP contribution is 2.28. The van der Waals surface area contributed by atoms with Gasteiger partial charge >= 0.3 is 0 Å². The standard InChI is InChI=1S/C13H15BrN4O2/c1-9(15)5-10-6-16-17(7-10)8-11-3-2-4-12(13(11)14)18(19)20/h2-4,6-7,9H,5,8,15H2,1H3. The molecule has 0 saturated heterocycles. The molecule has 0 aliphatic rings. The van der Waals surface area contributed by atoms with E-state index in [0.29, 0.717) is 11.0 Å². The summed E-state index contributed by atoms with van der Waals surface area (Å²) < 4.78 is 2.25. The topological polar surface area (TPSA) is 87.0 Å². The van der Waals surface area contributed by atoms with Gasteiger partial charge in [0.2, 0.25) is 0 Å². The lowest BCUT2D eigenvalue weighted by Crippen LogP contribution is -2.17. The van der Waals surface area contributed by atoms with E-state index >= 15 is 0 Å². The van der Waals surface area contributed by atoms with Gasteiger partial charge in [0.05, 0.1) is 17.7 Å². The zero-order valence-corrected chi connectivity index (χ0v) is 12.6. The van der Waals surface area contributed by atoms with E-state index in [1.807, 2.05) is 19.2 Å². The Morgan fingerprint density at radius 2 is 2.30 bits per heavy atom. The average molecular weight is 339 g/mol. The number of hydrogen-bond donors (Lipinski definition) is 1. The fourth-order valence-corrected chi connectivity index (χ4v) is 2.51. The lowest BCUT2D eigenvalue weighted by molar-refractivity contribution is -0.385. The van der Waals surface area contributed by atoms with E-state index < -0.39 is 4.92 Å². The van der Waals surface area contributed by atoms with Crippen LogP contribution in [0.25, 0.3) is 0 Å². The zero-order valence-electron chi connectivity index (χ0n) is 11.0. The molecule has 1 atom stereocenters. The lowest BCUT2D eigenvalue weighted by Gasteiger charge is -2.05. The summed E-state index contributed by atoms with van der Waals surface area (Å²) in [6.07, 6.45) is 4.44. The van der Waals surface area contributed by atoms with Gasteiger partial charge < -0.3 is 5.73 Å². The van der Waals surface area contributed by atoms with E-state index in [0.717, 1.165) is 17.5 Å². The first kappa shape index (κ1) is 14.7. The van der Waals surface area contributed by atoms with Crippen molar-refractivity contribution in [1.82, 2.24) is 9.78 Å². The maximum Gasteiger partial charge on any atom is 0.283 e. The second-order valence-corrected chi connectivity index (χ2v) is 5.53. The minimum absolute atomic E-state index is 0.0606. The molecule has 0 spiro atoms. The van der Waals surface area contributed by atoms with Gasteiger partial charge in [-0.05, 0) is 40.4 Å². The largest absolute Gasteiger partial charge is 0.328 e. The van der Waals surface area contributed by atoms with E-state index in [2.05, 4.69) is 21.0 Å². The summed E-state index contributed by atoms with van der Waals surface area (Å²) in [7, 11) is 0. The molecule has 0 amide bonds. The van der Waals surface area contributed by atoms with Crippen LogP contribution in [0.2, 0.25) is 0 Å². The molecule has 2 rings (SSSR count).